The maximum atomic E-state index is 4.77. The number of hydrogen-bond acceptors (Lipinski definition) is 2. The maximum absolute atomic E-state index is 4.77. The number of fused-ring (bicyclic) bond motifs is 4. The van der Waals surface area contributed by atoms with Gasteiger partial charge in [0.2, 0.25) is 0 Å². The van der Waals surface area contributed by atoms with Gasteiger partial charge in [-0.2, -0.15) is 0 Å². The summed E-state index contributed by atoms with van der Waals surface area (Å²) < 4.78 is 0. The van der Waals surface area contributed by atoms with E-state index in [1.54, 1.807) is 0 Å². The minimum absolute atomic E-state index is 0.101. The van der Waals surface area contributed by atoms with Crippen LogP contribution in [0.4, 0.5) is 0 Å². The Labute approximate surface area is 127 Å². The van der Waals surface area contributed by atoms with Crippen LogP contribution in [0.1, 0.15) is 23.1 Å². The average molecular weight is 288 g/mol. The molecule has 0 aliphatic carbocycles. The van der Waals surface area contributed by atoms with E-state index in [2.05, 4.69) is 45.6 Å². The van der Waals surface area contributed by atoms with E-state index in [-0.39, 0.29) is 6.04 Å². The van der Waals surface area contributed by atoms with Crippen LogP contribution >= 0.6 is 0 Å². The Bertz CT molecular complexity index is 946. The summed E-state index contributed by atoms with van der Waals surface area (Å²) in [6, 6.07) is 16.8. The van der Waals surface area contributed by atoms with Crippen molar-refractivity contribution in [2.24, 2.45) is 0 Å². The first-order valence-electron chi connectivity index (χ1n) is 7.68. The quantitative estimate of drug-likeness (QED) is 0.503. The van der Waals surface area contributed by atoms with Crippen molar-refractivity contribution in [1.29, 1.82) is 0 Å². The van der Waals surface area contributed by atoms with Crippen molar-refractivity contribution in [2.75, 3.05) is 6.54 Å². The Hall–Kier alpha value is -2.59. The molecule has 4 aromatic rings. The Balaban J connectivity index is 1.71. The summed E-state index contributed by atoms with van der Waals surface area (Å²) in [7, 11) is 0. The fourth-order valence-electron chi connectivity index (χ4n) is 3.52. The van der Waals surface area contributed by atoms with Gasteiger partial charge in [-0.05, 0) is 30.2 Å². The van der Waals surface area contributed by atoms with Crippen molar-refractivity contribution < 1.29 is 0 Å². The van der Waals surface area contributed by atoms with Gasteiger partial charge < -0.3 is 15.3 Å². The minimum atomic E-state index is 0.101. The molecule has 0 fully saturated rings. The van der Waals surface area contributed by atoms with Crippen molar-refractivity contribution in [3.8, 4) is 0 Å². The van der Waals surface area contributed by atoms with Crippen molar-refractivity contribution >= 4 is 21.9 Å². The highest BCUT2D eigenvalue weighted by Crippen LogP contribution is 2.32. The van der Waals surface area contributed by atoms with Crippen LogP contribution in [-0.2, 0) is 6.42 Å². The van der Waals surface area contributed by atoms with Gasteiger partial charge >= 0.3 is 0 Å². The predicted molar refractivity (Wildman–Crippen MR) is 87.9 cm³/mol. The first kappa shape index (κ1) is 12.0. The molecular formula is C18H16N4. The number of nitrogens with one attached hydrogen (secondary N) is 3. The number of nitrogens with zero attached hydrogens (tertiary/aromatic N) is 1. The molecule has 3 heterocycles. The lowest BCUT2D eigenvalue weighted by Gasteiger charge is -2.22. The van der Waals surface area contributed by atoms with Crippen molar-refractivity contribution in [1.82, 2.24) is 20.3 Å². The number of aromatic amines is 2. The van der Waals surface area contributed by atoms with E-state index in [0.29, 0.717) is 0 Å². The highest BCUT2D eigenvalue weighted by molar-refractivity contribution is 5.85. The molecule has 1 atom stereocenters. The highest BCUT2D eigenvalue weighted by Gasteiger charge is 2.27. The van der Waals surface area contributed by atoms with Crippen molar-refractivity contribution in [3.05, 3.63) is 65.6 Å². The van der Waals surface area contributed by atoms with Crippen LogP contribution in [0.5, 0.6) is 0 Å². The van der Waals surface area contributed by atoms with Crippen LogP contribution in [0.2, 0.25) is 0 Å². The summed E-state index contributed by atoms with van der Waals surface area (Å²) in [5.74, 6) is 0.980. The van der Waals surface area contributed by atoms with Gasteiger partial charge in [0, 0.05) is 23.1 Å². The number of H-pyrrole nitrogens is 2. The van der Waals surface area contributed by atoms with Crippen LogP contribution < -0.4 is 5.32 Å². The monoisotopic (exact) mass is 288 g/mol. The molecule has 3 N–H and O–H groups in total. The molecule has 0 saturated heterocycles. The van der Waals surface area contributed by atoms with Crippen LogP contribution in [0.15, 0.2) is 48.5 Å². The number of para-hydroxylation sites is 3. The lowest BCUT2D eigenvalue weighted by atomic mass is 9.99. The van der Waals surface area contributed by atoms with Gasteiger partial charge in [0.05, 0.1) is 11.0 Å². The topological polar surface area (TPSA) is 56.5 Å². The normalized spacial score (nSPS) is 17.9. The largest absolute Gasteiger partial charge is 0.356 e. The van der Waals surface area contributed by atoms with Gasteiger partial charge in [0.15, 0.2) is 0 Å². The van der Waals surface area contributed by atoms with Gasteiger partial charge in [-0.3, -0.25) is 0 Å². The highest BCUT2D eigenvalue weighted by atomic mass is 15.1. The zero-order valence-corrected chi connectivity index (χ0v) is 12.1. The number of benzene rings is 2. The third-order valence-corrected chi connectivity index (χ3v) is 4.54. The summed E-state index contributed by atoms with van der Waals surface area (Å²) in [5.41, 5.74) is 5.97. The summed E-state index contributed by atoms with van der Waals surface area (Å²) in [6.07, 6.45) is 1.05. The molecule has 0 saturated carbocycles. The fraction of sp³-hybridized carbons (Fsp3) is 0.167. The average Bonchev–Trinajstić information content (AvgIpc) is 3.15. The number of rotatable bonds is 1. The first-order valence-corrected chi connectivity index (χ1v) is 7.68. The van der Waals surface area contributed by atoms with E-state index in [0.717, 1.165) is 29.8 Å². The van der Waals surface area contributed by atoms with Crippen LogP contribution in [0, 0.1) is 0 Å². The van der Waals surface area contributed by atoms with Crippen LogP contribution in [0.3, 0.4) is 0 Å². The zero-order chi connectivity index (χ0) is 14.5. The second kappa shape index (κ2) is 4.45. The second-order valence-corrected chi connectivity index (χ2v) is 5.84. The van der Waals surface area contributed by atoms with Gasteiger partial charge in [0.25, 0.3) is 0 Å². The van der Waals surface area contributed by atoms with E-state index in [1.807, 2.05) is 18.2 Å². The van der Waals surface area contributed by atoms with E-state index < -0.39 is 0 Å². The Morgan fingerprint density at radius 1 is 0.909 bits per heavy atom. The Kier molecular flexibility index (Phi) is 2.43. The zero-order valence-electron chi connectivity index (χ0n) is 12.1. The van der Waals surface area contributed by atoms with Gasteiger partial charge in [-0.15, -0.1) is 0 Å². The summed E-state index contributed by atoms with van der Waals surface area (Å²) >= 11 is 0. The Morgan fingerprint density at radius 3 is 2.64 bits per heavy atom. The summed E-state index contributed by atoms with van der Waals surface area (Å²) in [6.45, 7) is 0.969. The predicted octanol–water partition coefficient (Wildman–Crippen LogP) is 3.28. The fourth-order valence-corrected chi connectivity index (χ4v) is 3.52. The molecule has 0 radical (unpaired) electrons. The SMILES string of the molecule is c1ccc2[nH]c(C3NCCc4c3[nH]c3ccccc43)nc2c1. The van der Waals surface area contributed by atoms with E-state index >= 15 is 0 Å². The lowest BCUT2D eigenvalue weighted by molar-refractivity contribution is 0.541. The molecule has 1 aliphatic heterocycles. The molecule has 0 spiro atoms. The second-order valence-electron chi connectivity index (χ2n) is 5.84. The summed E-state index contributed by atoms with van der Waals surface area (Å²) in [5, 5.41) is 4.92. The molecule has 2 aromatic heterocycles. The van der Waals surface area contributed by atoms with E-state index in [1.165, 1.54) is 22.2 Å². The third kappa shape index (κ3) is 1.64. The molecule has 1 unspecified atom stereocenters. The van der Waals surface area contributed by atoms with E-state index in [9.17, 15) is 0 Å². The lowest BCUT2D eigenvalue weighted by Crippen LogP contribution is -2.31. The maximum Gasteiger partial charge on any atom is 0.130 e. The van der Waals surface area contributed by atoms with Gasteiger partial charge in [-0.1, -0.05) is 30.3 Å². The van der Waals surface area contributed by atoms with Gasteiger partial charge in [0.1, 0.15) is 11.9 Å². The molecule has 4 nitrogen and oxygen atoms in total. The molecule has 4 heteroatoms. The standard InChI is InChI=1S/C18H16N4/c1-2-6-13-11(5-1)12-9-10-19-17(16(12)20-13)18-21-14-7-3-4-8-15(14)22-18/h1-8,17,19-20H,9-10H2,(H,21,22). The molecule has 0 amide bonds. The van der Waals surface area contributed by atoms with E-state index in [4.69, 9.17) is 4.98 Å². The van der Waals surface area contributed by atoms with Crippen molar-refractivity contribution in [2.45, 2.75) is 12.5 Å². The molecule has 2 aromatic carbocycles. The Morgan fingerprint density at radius 2 is 1.73 bits per heavy atom. The smallest absolute Gasteiger partial charge is 0.130 e. The molecule has 108 valence electrons. The molecule has 0 bridgehead atoms. The number of aromatic nitrogens is 3. The van der Waals surface area contributed by atoms with Crippen LogP contribution in [-0.4, -0.2) is 21.5 Å². The van der Waals surface area contributed by atoms with Crippen molar-refractivity contribution in [3.63, 3.8) is 0 Å². The molecule has 5 rings (SSSR count). The molecule has 1 aliphatic rings. The number of imidazole rings is 1. The summed E-state index contributed by atoms with van der Waals surface area (Å²) in [4.78, 5) is 11.8. The number of hydrogen-bond donors (Lipinski definition) is 3. The molecular weight excluding hydrogens is 272 g/mol. The minimum Gasteiger partial charge on any atom is -0.356 e. The first-order chi connectivity index (χ1) is 10.9. The van der Waals surface area contributed by atoms with Crippen LogP contribution in [0.25, 0.3) is 21.9 Å². The molecule has 22 heavy (non-hydrogen) atoms. The van der Waals surface area contributed by atoms with Gasteiger partial charge in [-0.25, -0.2) is 4.98 Å². The third-order valence-electron chi connectivity index (χ3n) is 4.54.